The molecule has 25 heavy (non-hydrogen) atoms. The fourth-order valence-corrected chi connectivity index (χ4v) is 5.28. The maximum atomic E-state index is 12.8. The normalized spacial score (nSPS) is 21.0. The van der Waals surface area contributed by atoms with Gasteiger partial charge in [0, 0.05) is 0 Å². The number of carbonyl (C=O) groups is 2. The summed E-state index contributed by atoms with van der Waals surface area (Å²) < 4.78 is 0. The first-order valence-electron chi connectivity index (χ1n) is 8.33. The Morgan fingerprint density at radius 3 is 1.44 bits per heavy atom. The maximum absolute atomic E-state index is 12.8. The fraction of sp³-hybridized carbons (Fsp3) is 0.0909. The van der Waals surface area contributed by atoms with Crippen LogP contribution in [0.4, 0.5) is 0 Å². The number of hydrogen-bond donors (Lipinski definition) is 0. The summed E-state index contributed by atoms with van der Waals surface area (Å²) in [6.45, 7) is 0. The molecule has 7 rings (SSSR count). The zero-order valence-electron chi connectivity index (χ0n) is 13.2. The van der Waals surface area contributed by atoms with Crippen LogP contribution < -0.4 is 0 Å². The van der Waals surface area contributed by atoms with Crippen molar-refractivity contribution >= 4 is 44.4 Å². The van der Waals surface area contributed by atoms with Gasteiger partial charge in [-0.25, -0.2) is 0 Å². The molecule has 2 atom stereocenters. The van der Waals surface area contributed by atoms with Gasteiger partial charge in [-0.15, -0.1) is 0 Å². The molecule has 3 heteroatoms. The first kappa shape index (κ1) is 13.5. The van der Waals surface area contributed by atoms with E-state index in [1.807, 2.05) is 12.1 Å². The summed E-state index contributed by atoms with van der Waals surface area (Å²) in [4.78, 5) is 25.6. The van der Waals surface area contributed by atoms with Gasteiger partial charge in [0.15, 0.2) is 0 Å². The lowest BCUT2D eigenvalue weighted by atomic mass is 9.62. The molecule has 118 valence electrons. The van der Waals surface area contributed by atoms with Crippen LogP contribution in [0, 0.1) is 0 Å². The van der Waals surface area contributed by atoms with E-state index >= 15 is 0 Å². The van der Waals surface area contributed by atoms with Gasteiger partial charge in [-0.05, 0) is 78.8 Å². The SMILES string of the molecule is O=C1C(=O)C2c3cc4ccccc4cc3C1c1cc3cscc3cc12. The van der Waals surface area contributed by atoms with E-state index in [1.165, 1.54) is 0 Å². The minimum atomic E-state index is -0.448. The lowest BCUT2D eigenvalue weighted by Gasteiger charge is -2.38. The van der Waals surface area contributed by atoms with Crippen LogP contribution in [0.15, 0.2) is 59.3 Å². The third kappa shape index (κ3) is 1.59. The quantitative estimate of drug-likeness (QED) is 0.432. The van der Waals surface area contributed by atoms with Crippen LogP contribution in [0.3, 0.4) is 0 Å². The van der Waals surface area contributed by atoms with Crippen molar-refractivity contribution in [2.45, 2.75) is 11.8 Å². The van der Waals surface area contributed by atoms with E-state index in [1.54, 1.807) is 11.3 Å². The average molecular weight is 340 g/mol. The summed E-state index contributed by atoms with van der Waals surface area (Å²) in [6.07, 6.45) is 0. The minimum absolute atomic E-state index is 0.255. The van der Waals surface area contributed by atoms with Crippen LogP contribution in [-0.4, -0.2) is 11.6 Å². The van der Waals surface area contributed by atoms with E-state index in [2.05, 4.69) is 47.2 Å². The molecule has 0 amide bonds. The third-order valence-electron chi connectivity index (χ3n) is 5.64. The summed E-state index contributed by atoms with van der Waals surface area (Å²) >= 11 is 1.65. The zero-order valence-corrected chi connectivity index (χ0v) is 14.0. The second-order valence-electron chi connectivity index (χ2n) is 6.90. The van der Waals surface area contributed by atoms with Crippen LogP contribution >= 0.6 is 11.3 Å². The van der Waals surface area contributed by atoms with Gasteiger partial charge in [-0.3, -0.25) is 9.59 Å². The number of Topliss-reactive ketones (excluding diaryl/α,β-unsaturated/α-hetero) is 2. The molecule has 0 fully saturated rings. The molecule has 0 saturated carbocycles. The van der Waals surface area contributed by atoms with Crippen molar-refractivity contribution < 1.29 is 9.59 Å². The van der Waals surface area contributed by atoms with E-state index in [-0.39, 0.29) is 11.6 Å². The molecule has 3 aromatic carbocycles. The fourth-order valence-electron chi connectivity index (χ4n) is 4.51. The summed E-state index contributed by atoms with van der Waals surface area (Å²) in [5, 5.41) is 8.74. The molecule has 0 N–H and O–H groups in total. The van der Waals surface area contributed by atoms with Crippen LogP contribution in [0.5, 0.6) is 0 Å². The van der Waals surface area contributed by atoms with E-state index in [0.29, 0.717) is 0 Å². The second kappa shape index (κ2) is 4.44. The number of thiophene rings is 1. The zero-order chi connectivity index (χ0) is 16.7. The first-order chi connectivity index (χ1) is 12.2. The highest BCUT2D eigenvalue weighted by Gasteiger charge is 2.48. The highest BCUT2D eigenvalue weighted by Crippen LogP contribution is 2.51. The van der Waals surface area contributed by atoms with E-state index < -0.39 is 11.8 Å². The Bertz CT molecular complexity index is 1150. The van der Waals surface area contributed by atoms with E-state index in [9.17, 15) is 9.59 Å². The molecule has 0 spiro atoms. The van der Waals surface area contributed by atoms with Crippen molar-refractivity contribution in [3.05, 3.63) is 81.5 Å². The third-order valence-corrected chi connectivity index (χ3v) is 6.42. The van der Waals surface area contributed by atoms with Gasteiger partial charge in [0.25, 0.3) is 0 Å². The van der Waals surface area contributed by atoms with Crippen molar-refractivity contribution in [3.8, 4) is 0 Å². The van der Waals surface area contributed by atoms with E-state index in [0.717, 1.165) is 43.8 Å². The van der Waals surface area contributed by atoms with E-state index in [4.69, 9.17) is 0 Å². The molecule has 0 radical (unpaired) electrons. The Morgan fingerprint density at radius 2 is 1.00 bits per heavy atom. The van der Waals surface area contributed by atoms with Gasteiger partial charge in [0.05, 0.1) is 11.8 Å². The highest BCUT2D eigenvalue weighted by molar-refractivity contribution is 7.09. The lowest BCUT2D eigenvalue weighted by molar-refractivity contribution is -0.138. The number of hydrogen-bond acceptors (Lipinski definition) is 3. The number of carbonyl (C=O) groups excluding carboxylic acids is 2. The van der Waals surface area contributed by atoms with Gasteiger partial charge in [0.2, 0.25) is 11.6 Å². The van der Waals surface area contributed by atoms with Crippen LogP contribution in [0.2, 0.25) is 0 Å². The molecule has 0 saturated heterocycles. The molecular weight excluding hydrogens is 328 g/mol. The van der Waals surface area contributed by atoms with Gasteiger partial charge >= 0.3 is 0 Å². The molecule has 1 aromatic heterocycles. The predicted octanol–water partition coefficient (Wildman–Crippen LogP) is 4.78. The van der Waals surface area contributed by atoms with Gasteiger partial charge < -0.3 is 0 Å². The second-order valence-corrected chi connectivity index (χ2v) is 7.65. The van der Waals surface area contributed by atoms with Crippen molar-refractivity contribution in [1.82, 2.24) is 0 Å². The minimum Gasteiger partial charge on any atom is -0.290 e. The molecule has 4 aromatic rings. The number of ketones is 2. The van der Waals surface area contributed by atoms with Crippen LogP contribution in [0.25, 0.3) is 21.5 Å². The lowest BCUT2D eigenvalue weighted by Crippen LogP contribution is -2.40. The number of fused-ring (bicyclic) bond motifs is 3. The molecule has 2 bridgehead atoms. The number of rotatable bonds is 0. The highest BCUT2D eigenvalue weighted by atomic mass is 32.1. The Labute approximate surface area is 147 Å². The Morgan fingerprint density at radius 1 is 0.600 bits per heavy atom. The van der Waals surface area contributed by atoms with Crippen LogP contribution in [0.1, 0.15) is 34.1 Å². The Hall–Kier alpha value is -2.78. The van der Waals surface area contributed by atoms with Crippen molar-refractivity contribution in [1.29, 1.82) is 0 Å². The van der Waals surface area contributed by atoms with Crippen LogP contribution in [-0.2, 0) is 9.59 Å². The molecule has 0 aliphatic heterocycles. The maximum Gasteiger partial charge on any atom is 0.211 e. The molecular formula is C22H12O2S. The summed E-state index contributed by atoms with van der Waals surface area (Å²) in [6, 6.07) is 16.6. The summed E-state index contributed by atoms with van der Waals surface area (Å²) in [5.41, 5.74) is 4.05. The Kier molecular flexibility index (Phi) is 2.40. The molecule has 3 aliphatic carbocycles. The standard InChI is InChI=1S/C22H12O2S/c23-21-19-15-5-11-3-1-2-4-12(11)6-16(15)20(22(21)24)18-8-14-10-25-9-13(14)7-17(18)19/h1-10,19-20H. The van der Waals surface area contributed by atoms with Crippen molar-refractivity contribution in [2.75, 3.05) is 0 Å². The molecule has 2 nitrogen and oxygen atoms in total. The largest absolute Gasteiger partial charge is 0.290 e. The van der Waals surface area contributed by atoms with Gasteiger partial charge in [0.1, 0.15) is 0 Å². The average Bonchev–Trinajstić information content (AvgIpc) is 3.08. The molecule has 1 heterocycles. The molecule has 2 unspecified atom stereocenters. The van der Waals surface area contributed by atoms with Crippen molar-refractivity contribution in [2.24, 2.45) is 0 Å². The monoisotopic (exact) mass is 340 g/mol. The predicted molar refractivity (Wildman–Crippen MR) is 99.5 cm³/mol. The summed E-state index contributed by atoms with van der Waals surface area (Å²) in [5.74, 6) is -1.41. The summed E-state index contributed by atoms with van der Waals surface area (Å²) in [7, 11) is 0. The molecule has 3 aliphatic rings. The Balaban J connectivity index is 1.75. The van der Waals surface area contributed by atoms with Gasteiger partial charge in [-0.1, -0.05) is 24.3 Å². The van der Waals surface area contributed by atoms with Crippen molar-refractivity contribution in [3.63, 3.8) is 0 Å². The number of benzene rings is 3. The smallest absolute Gasteiger partial charge is 0.211 e. The van der Waals surface area contributed by atoms with Gasteiger partial charge in [-0.2, -0.15) is 11.3 Å². The topological polar surface area (TPSA) is 34.1 Å². The first-order valence-corrected chi connectivity index (χ1v) is 9.27.